The molecule has 31 heavy (non-hydrogen) atoms. The van der Waals surface area contributed by atoms with Gasteiger partial charge in [0.05, 0.1) is 17.4 Å². The molecule has 2 aliphatic heterocycles. The van der Waals surface area contributed by atoms with Gasteiger partial charge in [-0.2, -0.15) is 5.10 Å². The minimum Gasteiger partial charge on any atom is -0.339 e. The summed E-state index contributed by atoms with van der Waals surface area (Å²) in [7, 11) is 0. The summed E-state index contributed by atoms with van der Waals surface area (Å²) in [6.45, 7) is 5.32. The number of para-hydroxylation sites is 1. The Bertz CT molecular complexity index is 963. The SMILES string of the molecule is CC(C)CCC1(C2CCN(C(=O)c3cnn(-c4ccccc4)c3)CC2)NC(=O)NC1=O. The third kappa shape index (κ3) is 4.19. The van der Waals surface area contributed by atoms with Crippen LogP contribution in [0.15, 0.2) is 42.7 Å². The molecule has 2 N–H and O–H groups in total. The molecule has 1 atom stereocenters. The lowest BCUT2D eigenvalue weighted by Gasteiger charge is -2.41. The van der Waals surface area contributed by atoms with E-state index in [9.17, 15) is 14.4 Å². The molecular weight excluding hydrogens is 394 g/mol. The standard InChI is InChI=1S/C23H29N5O3/c1-16(2)8-11-23(21(30)25-22(31)26-23)18-9-12-27(13-10-18)20(29)17-14-24-28(15-17)19-6-4-3-5-7-19/h3-7,14-16,18H,8-13H2,1-2H3,(H2,25,26,30,31). The Balaban J connectivity index is 1.43. The van der Waals surface area contributed by atoms with Gasteiger partial charge in [0.25, 0.3) is 11.8 Å². The molecule has 2 aromatic rings. The third-order valence-electron chi connectivity index (χ3n) is 6.41. The highest BCUT2D eigenvalue weighted by Crippen LogP contribution is 2.35. The number of urea groups is 1. The number of amides is 4. The maximum Gasteiger partial charge on any atom is 0.322 e. The summed E-state index contributed by atoms with van der Waals surface area (Å²) in [6, 6.07) is 9.24. The van der Waals surface area contributed by atoms with E-state index in [-0.39, 0.29) is 17.7 Å². The van der Waals surface area contributed by atoms with Crippen molar-refractivity contribution < 1.29 is 14.4 Å². The van der Waals surface area contributed by atoms with Gasteiger partial charge >= 0.3 is 6.03 Å². The highest BCUT2D eigenvalue weighted by atomic mass is 16.2. The van der Waals surface area contributed by atoms with Crippen molar-refractivity contribution in [1.29, 1.82) is 0 Å². The summed E-state index contributed by atoms with van der Waals surface area (Å²) in [5, 5.41) is 9.67. The number of likely N-dealkylation sites (tertiary alicyclic amines) is 1. The number of aromatic nitrogens is 2. The molecule has 8 nitrogen and oxygen atoms in total. The largest absolute Gasteiger partial charge is 0.339 e. The average Bonchev–Trinajstić information content (AvgIpc) is 3.37. The Labute approximate surface area is 182 Å². The molecule has 1 unspecified atom stereocenters. The topological polar surface area (TPSA) is 96.3 Å². The van der Waals surface area contributed by atoms with Crippen molar-refractivity contribution in [2.24, 2.45) is 11.8 Å². The quantitative estimate of drug-likeness (QED) is 0.699. The molecule has 164 valence electrons. The van der Waals surface area contributed by atoms with E-state index < -0.39 is 11.6 Å². The third-order valence-corrected chi connectivity index (χ3v) is 6.41. The summed E-state index contributed by atoms with van der Waals surface area (Å²) in [5.41, 5.74) is 0.577. The van der Waals surface area contributed by atoms with E-state index in [0.717, 1.165) is 12.1 Å². The molecule has 0 aliphatic carbocycles. The Morgan fingerprint density at radius 1 is 1.19 bits per heavy atom. The van der Waals surface area contributed by atoms with Crippen LogP contribution in [0.5, 0.6) is 0 Å². The predicted molar refractivity (Wildman–Crippen MR) is 116 cm³/mol. The Morgan fingerprint density at radius 2 is 1.90 bits per heavy atom. The number of hydrogen-bond donors (Lipinski definition) is 2. The van der Waals surface area contributed by atoms with Crippen LogP contribution in [-0.2, 0) is 4.79 Å². The van der Waals surface area contributed by atoms with Gasteiger partial charge in [0.1, 0.15) is 5.54 Å². The molecule has 2 fully saturated rings. The zero-order valence-electron chi connectivity index (χ0n) is 18.0. The summed E-state index contributed by atoms with van der Waals surface area (Å²) in [5.74, 6) is 0.155. The van der Waals surface area contributed by atoms with Crippen LogP contribution in [0.4, 0.5) is 4.79 Å². The van der Waals surface area contributed by atoms with Crippen molar-refractivity contribution >= 4 is 17.8 Å². The first-order valence-electron chi connectivity index (χ1n) is 10.9. The van der Waals surface area contributed by atoms with Crippen LogP contribution in [-0.4, -0.2) is 51.2 Å². The second-order valence-corrected chi connectivity index (χ2v) is 8.89. The number of carbonyl (C=O) groups excluding carboxylic acids is 3. The monoisotopic (exact) mass is 423 g/mol. The van der Waals surface area contributed by atoms with Crippen molar-refractivity contribution in [2.75, 3.05) is 13.1 Å². The van der Waals surface area contributed by atoms with Gasteiger partial charge in [-0.3, -0.25) is 14.9 Å². The van der Waals surface area contributed by atoms with Crippen LogP contribution in [0.25, 0.3) is 5.69 Å². The minimum atomic E-state index is -0.866. The van der Waals surface area contributed by atoms with Crippen LogP contribution < -0.4 is 10.6 Å². The number of imide groups is 1. The molecule has 0 bridgehead atoms. The van der Waals surface area contributed by atoms with Gasteiger partial charge in [-0.05, 0) is 49.7 Å². The summed E-state index contributed by atoms with van der Waals surface area (Å²) in [6.07, 6.45) is 6.15. The van der Waals surface area contributed by atoms with Crippen LogP contribution >= 0.6 is 0 Å². The van der Waals surface area contributed by atoms with Gasteiger partial charge in [0.15, 0.2) is 0 Å². The molecule has 0 spiro atoms. The number of carbonyl (C=O) groups is 3. The fourth-order valence-electron chi connectivity index (χ4n) is 4.60. The number of nitrogens with one attached hydrogen (secondary N) is 2. The molecule has 4 amide bonds. The van der Waals surface area contributed by atoms with E-state index in [4.69, 9.17) is 0 Å². The first-order chi connectivity index (χ1) is 14.9. The van der Waals surface area contributed by atoms with E-state index >= 15 is 0 Å². The lowest BCUT2D eigenvalue weighted by molar-refractivity contribution is -0.127. The number of piperidine rings is 1. The predicted octanol–water partition coefficient (Wildman–Crippen LogP) is 2.74. The number of benzene rings is 1. The van der Waals surface area contributed by atoms with E-state index in [1.165, 1.54) is 0 Å². The molecule has 0 radical (unpaired) electrons. The highest BCUT2D eigenvalue weighted by Gasteiger charge is 2.52. The summed E-state index contributed by atoms with van der Waals surface area (Å²) >= 11 is 0. The second-order valence-electron chi connectivity index (χ2n) is 8.89. The fraction of sp³-hybridized carbons (Fsp3) is 0.478. The number of rotatable bonds is 6. The lowest BCUT2D eigenvalue weighted by Crippen LogP contribution is -2.56. The van der Waals surface area contributed by atoms with Crippen LogP contribution in [0.3, 0.4) is 0 Å². The summed E-state index contributed by atoms with van der Waals surface area (Å²) in [4.78, 5) is 39.4. The van der Waals surface area contributed by atoms with Crippen molar-refractivity contribution in [2.45, 2.75) is 45.1 Å². The van der Waals surface area contributed by atoms with Crippen LogP contribution in [0.1, 0.15) is 49.9 Å². The molecular formula is C23H29N5O3. The minimum absolute atomic E-state index is 0.00814. The Hall–Kier alpha value is -3.16. The van der Waals surface area contributed by atoms with Crippen molar-refractivity contribution in [3.8, 4) is 5.69 Å². The van der Waals surface area contributed by atoms with E-state index in [1.807, 2.05) is 35.2 Å². The molecule has 0 saturated carbocycles. The number of hydrogen-bond acceptors (Lipinski definition) is 4. The van der Waals surface area contributed by atoms with Gasteiger partial charge in [0.2, 0.25) is 0 Å². The lowest BCUT2D eigenvalue weighted by atomic mass is 9.74. The molecule has 2 aliphatic rings. The molecule has 2 saturated heterocycles. The fourth-order valence-corrected chi connectivity index (χ4v) is 4.60. The van der Waals surface area contributed by atoms with Crippen LogP contribution in [0, 0.1) is 11.8 Å². The van der Waals surface area contributed by atoms with E-state index in [0.29, 0.717) is 43.8 Å². The van der Waals surface area contributed by atoms with Crippen molar-refractivity contribution in [3.05, 3.63) is 48.3 Å². The molecule has 1 aromatic heterocycles. The second kappa shape index (κ2) is 8.53. The maximum absolute atomic E-state index is 13.0. The molecule has 8 heteroatoms. The van der Waals surface area contributed by atoms with Gasteiger partial charge in [0, 0.05) is 19.3 Å². The normalized spacial score (nSPS) is 22.0. The molecule has 4 rings (SSSR count). The molecule has 3 heterocycles. The van der Waals surface area contributed by atoms with Gasteiger partial charge < -0.3 is 10.2 Å². The zero-order chi connectivity index (χ0) is 22.0. The Kier molecular flexibility index (Phi) is 5.80. The van der Waals surface area contributed by atoms with Crippen LogP contribution in [0.2, 0.25) is 0 Å². The first-order valence-corrected chi connectivity index (χ1v) is 10.9. The van der Waals surface area contributed by atoms with E-state index in [1.54, 1.807) is 17.1 Å². The average molecular weight is 424 g/mol. The van der Waals surface area contributed by atoms with Crippen molar-refractivity contribution in [1.82, 2.24) is 25.3 Å². The summed E-state index contributed by atoms with van der Waals surface area (Å²) < 4.78 is 1.69. The smallest absolute Gasteiger partial charge is 0.322 e. The first kappa shape index (κ1) is 21.1. The zero-order valence-corrected chi connectivity index (χ0v) is 18.0. The molecule has 1 aromatic carbocycles. The van der Waals surface area contributed by atoms with E-state index in [2.05, 4.69) is 29.6 Å². The number of nitrogens with zero attached hydrogens (tertiary/aromatic N) is 3. The van der Waals surface area contributed by atoms with Gasteiger partial charge in [-0.15, -0.1) is 0 Å². The highest BCUT2D eigenvalue weighted by molar-refractivity contribution is 6.07. The maximum atomic E-state index is 13.0. The van der Waals surface area contributed by atoms with Gasteiger partial charge in [-0.1, -0.05) is 32.0 Å². The van der Waals surface area contributed by atoms with Crippen molar-refractivity contribution in [3.63, 3.8) is 0 Å². The van der Waals surface area contributed by atoms with Gasteiger partial charge in [-0.25, -0.2) is 9.48 Å². The Morgan fingerprint density at radius 3 is 2.52 bits per heavy atom.